The van der Waals surface area contributed by atoms with Crippen molar-refractivity contribution in [3.05, 3.63) is 63.1 Å². The molecule has 1 aromatic heterocycles. The SMILES string of the molecule is Cc1cccc(OCc2nnc(NC(=O)Nc3ccc(Cl)cc3Cl)s2)c1. The summed E-state index contributed by atoms with van der Waals surface area (Å²) in [4.78, 5) is 12.0. The first-order valence-electron chi connectivity index (χ1n) is 7.54. The van der Waals surface area contributed by atoms with E-state index in [2.05, 4.69) is 20.8 Å². The number of halogens is 2. The summed E-state index contributed by atoms with van der Waals surface area (Å²) in [5.41, 5.74) is 1.56. The van der Waals surface area contributed by atoms with Gasteiger partial charge in [-0.15, -0.1) is 10.2 Å². The van der Waals surface area contributed by atoms with Gasteiger partial charge in [0.1, 0.15) is 12.4 Å². The molecule has 2 N–H and O–H groups in total. The topological polar surface area (TPSA) is 76.1 Å². The van der Waals surface area contributed by atoms with Crippen LogP contribution in [0.25, 0.3) is 0 Å². The van der Waals surface area contributed by atoms with E-state index < -0.39 is 6.03 Å². The lowest BCUT2D eigenvalue weighted by Crippen LogP contribution is -2.19. The Morgan fingerprint density at radius 1 is 1.15 bits per heavy atom. The van der Waals surface area contributed by atoms with E-state index in [1.165, 1.54) is 11.3 Å². The first-order chi connectivity index (χ1) is 12.5. The fourth-order valence-corrected chi connectivity index (χ4v) is 3.16. The van der Waals surface area contributed by atoms with E-state index in [4.69, 9.17) is 27.9 Å². The molecule has 0 saturated heterocycles. The average Bonchev–Trinajstić information content (AvgIpc) is 3.03. The Morgan fingerprint density at radius 2 is 2.00 bits per heavy atom. The van der Waals surface area contributed by atoms with Crippen molar-refractivity contribution in [3.63, 3.8) is 0 Å². The van der Waals surface area contributed by atoms with Gasteiger partial charge in [0.25, 0.3) is 0 Å². The number of amides is 2. The van der Waals surface area contributed by atoms with Crippen LogP contribution in [0.1, 0.15) is 10.6 Å². The van der Waals surface area contributed by atoms with E-state index in [0.717, 1.165) is 11.3 Å². The number of nitrogens with zero attached hydrogens (tertiary/aromatic N) is 2. The summed E-state index contributed by atoms with van der Waals surface area (Å²) >= 11 is 13.1. The number of hydrogen-bond acceptors (Lipinski definition) is 5. The van der Waals surface area contributed by atoms with E-state index in [1.54, 1.807) is 18.2 Å². The molecule has 3 rings (SSSR count). The minimum atomic E-state index is -0.475. The molecule has 0 saturated carbocycles. The molecule has 0 fully saturated rings. The van der Waals surface area contributed by atoms with Crippen LogP contribution in [-0.2, 0) is 6.61 Å². The second-order valence-corrected chi connectivity index (χ2v) is 7.22. The van der Waals surface area contributed by atoms with Crippen LogP contribution in [0, 0.1) is 6.92 Å². The van der Waals surface area contributed by atoms with Gasteiger partial charge in [0.15, 0.2) is 5.01 Å². The third-order valence-corrected chi connectivity index (χ3v) is 4.58. The van der Waals surface area contributed by atoms with Gasteiger partial charge in [0.2, 0.25) is 5.13 Å². The van der Waals surface area contributed by atoms with E-state index in [-0.39, 0.29) is 6.61 Å². The summed E-state index contributed by atoms with van der Waals surface area (Å²) in [6.07, 6.45) is 0. The molecule has 1 heterocycles. The maximum atomic E-state index is 12.0. The zero-order valence-corrected chi connectivity index (χ0v) is 16.0. The van der Waals surface area contributed by atoms with E-state index in [9.17, 15) is 4.79 Å². The molecule has 2 amide bonds. The number of ether oxygens (including phenoxy) is 1. The largest absolute Gasteiger partial charge is 0.486 e. The Balaban J connectivity index is 1.55. The van der Waals surface area contributed by atoms with Crippen LogP contribution in [0.4, 0.5) is 15.6 Å². The lowest BCUT2D eigenvalue weighted by molar-refractivity contribution is 0.262. The molecular weight excluding hydrogens is 395 g/mol. The zero-order chi connectivity index (χ0) is 18.5. The maximum Gasteiger partial charge on any atom is 0.325 e. The molecule has 0 aliphatic carbocycles. The van der Waals surface area contributed by atoms with Gasteiger partial charge in [0.05, 0.1) is 10.7 Å². The predicted molar refractivity (Wildman–Crippen MR) is 105 cm³/mol. The number of carbonyl (C=O) groups is 1. The standard InChI is InChI=1S/C17H14Cl2N4O2S/c1-10-3-2-4-12(7-10)25-9-15-22-23-17(26-15)21-16(24)20-14-6-5-11(18)8-13(14)19/h2-8H,9H2,1H3,(H2,20,21,23,24). The monoisotopic (exact) mass is 408 g/mol. The molecule has 9 heteroatoms. The minimum absolute atomic E-state index is 0.271. The van der Waals surface area contributed by atoms with Gasteiger partial charge in [-0.25, -0.2) is 4.79 Å². The summed E-state index contributed by atoms with van der Waals surface area (Å²) in [6.45, 7) is 2.26. The van der Waals surface area contributed by atoms with Crippen molar-refractivity contribution < 1.29 is 9.53 Å². The van der Waals surface area contributed by atoms with E-state index >= 15 is 0 Å². The van der Waals surface area contributed by atoms with Gasteiger partial charge >= 0.3 is 6.03 Å². The second-order valence-electron chi connectivity index (χ2n) is 5.31. The summed E-state index contributed by atoms with van der Waals surface area (Å²) in [5.74, 6) is 0.754. The normalized spacial score (nSPS) is 10.4. The highest BCUT2D eigenvalue weighted by Crippen LogP contribution is 2.26. The van der Waals surface area contributed by atoms with E-state index in [1.807, 2.05) is 31.2 Å². The van der Waals surface area contributed by atoms with Crippen molar-refractivity contribution >= 4 is 51.4 Å². The van der Waals surface area contributed by atoms with Crippen LogP contribution >= 0.6 is 34.5 Å². The highest BCUT2D eigenvalue weighted by atomic mass is 35.5. The second kappa shape index (κ2) is 8.35. The molecule has 134 valence electrons. The van der Waals surface area contributed by atoms with Crippen molar-refractivity contribution in [1.82, 2.24) is 10.2 Å². The molecule has 6 nitrogen and oxygen atoms in total. The molecule has 0 atom stereocenters. The number of rotatable bonds is 5. The Kier molecular flexibility index (Phi) is 5.92. The van der Waals surface area contributed by atoms with Gasteiger partial charge in [-0.2, -0.15) is 0 Å². The Bertz CT molecular complexity index is 933. The van der Waals surface area contributed by atoms with Crippen LogP contribution in [0.3, 0.4) is 0 Å². The lowest BCUT2D eigenvalue weighted by atomic mass is 10.2. The smallest absolute Gasteiger partial charge is 0.325 e. The molecule has 0 radical (unpaired) electrons. The van der Waals surface area contributed by atoms with Gasteiger partial charge in [-0.3, -0.25) is 5.32 Å². The van der Waals surface area contributed by atoms with Crippen LogP contribution in [-0.4, -0.2) is 16.2 Å². The molecule has 0 aliphatic heterocycles. The Labute approximate surface area is 164 Å². The molecule has 0 bridgehead atoms. The van der Waals surface area contributed by atoms with Gasteiger partial charge in [0, 0.05) is 5.02 Å². The molecular formula is C17H14Cl2N4O2S. The quantitative estimate of drug-likeness (QED) is 0.594. The zero-order valence-electron chi connectivity index (χ0n) is 13.6. The van der Waals surface area contributed by atoms with E-state index in [0.29, 0.717) is 25.9 Å². The number of carbonyl (C=O) groups excluding carboxylic acids is 1. The van der Waals surface area contributed by atoms with Crippen molar-refractivity contribution in [2.75, 3.05) is 10.6 Å². The lowest BCUT2D eigenvalue weighted by Gasteiger charge is -2.07. The molecule has 0 spiro atoms. The summed E-state index contributed by atoms with van der Waals surface area (Å²) < 4.78 is 5.66. The van der Waals surface area contributed by atoms with Gasteiger partial charge in [-0.1, -0.05) is 46.7 Å². The van der Waals surface area contributed by atoms with Crippen molar-refractivity contribution in [2.24, 2.45) is 0 Å². The summed E-state index contributed by atoms with van der Waals surface area (Å²) in [6, 6.07) is 12.0. The number of anilines is 2. The van der Waals surface area contributed by atoms with Crippen molar-refractivity contribution in [2.45, 2.75) is 13.5 Å². The molecule has 2 aromatic carbocycles. The Morgan fingerprint density at radius 3 is 2.77 bits per heavy atom. The third-order valence-electron chi connectivity index (χ3n) is 3.22. The minimum Gasteiger partial charge on any atom is -0.486 e. The number of urea groups is 1. The molecule has 26 heavy (non-hydrogen) atoms. The van der Waals surface area contributed by atoms with Crippen LogP contribution in [0.2, 0.25) is 10.0 Å². The van der Waals surface area contributed by atoms with Crippen LogP contribution in [0.15, 0.2) is 42.5 Å². The summed E-state index contributed by atoms with van der Waals surface area (Å²) in [5, 5.41) is 15.0. The Hall–Kier alpha value is -2.35. The summed E-state index contributed by atoms with van der Waals surface area (Å²) in [7, 11) is 0. The van der Waals surface area contributed by atoms with Crippen molar-refractivity contribution in [1.29, 1.82) is 0 Å². The average molecular weight is 409 g/mol. The number of benzene rings is 2. The number of aromatic nitrogens is 2. The predicted octanol–water partition coefficient (Wildman–Crippen LogP) is 5.38. The first-order valence-corrected chi connectivity index (χ1v) is 9.12. The molecule has 0 aliphatic rings. The van der Waals surface area contributed by atoms with Crippen LogP contribution < -0.4 is 15.4 Å². The molecule has 0 unspecified atom stereocenters. The highest BCUT2D eigenvalue weighted by Gasteiger charge is 2.10. The first kappa shape index (κ1) is 18.4. The third kappa shape index (κ3) is 5.08. The van der Waals surface area contributed by atoms with Crippen LogP contribution in [0.5, 0.6) is 5.75 Å². The number of hydrogen-bond donors (Lipinski definition) is 2. The maximum absolute atomic E-state index is 12.0. The fourth-order valence-electron chi connectivity index (χ4n) is 2.05. The van der Waals surface area contributed by atoms with Gasteiger partial charge < -0.3 is 10.1 Å². The van der Waals surface area contributed by atoms with Gasteiger partial charge in [-0.05, 0) is 42.8 Å². The molecule has 3 aromatic rings. The number of nitrogens with one attached hydrogen (secondary N) is 2. The van der Waals surface area contributed by atoms with Crippen molar-refractivity contribution in [3.8, 4) is 5.75 Å². The highest BCUT2D eigenvalue weighted by molar-refractivity contribution is 7.15. The number of aryl methyl sites for hydroxylation is 1. The fraction of sp³-hybridized carbons (Fsp3) is 0.118.